The fraction of sp³-hybridized carbons (Fsp3) is 0.529. The van der Waals surface area contributed by atoms with Gasteiger partial charge >= 0.3 is 0 Å². The molecule has 1 aliphatic heterocycles. The van der Waals surface area contributed by atoms with E-state index in [4.69, 9.17) is 5.26 Å². The molecule has 1 aromatic carbocycles. The fourth-order valence-corrected chi connectivity index (χ4v) is 2.72. The summed E-state index contributed by atoms with van der Waals surface area (Å²) in [6.45, 7) is 6.91. The Balaban J connectivity index is 1.92. The lowest BCUT2D eigenvalue weighted by atomic mass is 9.85. The monoisotopic (exact) mass is 285 g/mol. The number of nitrogens with one attached hydrogen (secondary N) is 1. The van der Waals surface area contributed by atoms with E-state index in [0.29, 0.717) is 23.2 Å². The third kappa shape index (κ3) is 4.57. The molecule has 1 heterocycles. The highest BCUT2D eigenvalue weighted by Gasteiger charge is 2.24. The van der Waals surface area contributed by atoms with Gasteiger partial charge in [0.1, 0.15) is 6.07 Å². The van der Waals surface area contributed by atoms with Crippen LogP contribution in [0.5, 0.6) is 0 Å². The molecule has 1 aliphatic rings. The number of anilines is 1. The molecular weight excluding hydrogens is 262 g/mol. The Bertz CT molecular complexity index is 545. The second-order valence-corrected chi connectivity index (χ2v) is 6.50. The van der Waals surface area contributed by atoms with Gasteiger partial charge in [0.05, 0.1) is 17.8 Å². The number of carbonyl (C=O) groups is 1. The van der Waals surface area contributed by atoms with E-state index < -0.39 is 0 Å². The van der Waals surface area contributed by atoms with Crippen LogP contribution >= 0.6 is 0 Å². The number of nitrogens with zero attached hydrogens (tertiary/aromatic N) is 2. The van der Waals surface area contributed by atoms with Gasteiger partial charge in [-0.1, -0.05) is 26.0 Å². The van der Waals surface area contributed by atoms with Gasteiger partial charge in [-0.2, -0.15) is 5.26 Å². The van der Waals surface area contributed by atoms with Gasteiger partial charge in [-0.25, -0.2) is 0 Å². The van der Waals surface area contributed by atoms with E-state index in [1.807, 2.05) is 6.07 Å². The zero-order chi connectivity index (χ0) is 15.3. The zero-order valence-corrected chi connectivity index (χ0v) is 12.9. The largest absolute Gasteiger partial charge is 0.324 e. The van der Waals surface area contributed by atoms with Crippen LogP contribution < -0.4 is 5.32 Å². The van der Waals surface area contributed by atoms with Gasteiger partial charge in [0.25, 0.3) is 0 Å². The van der Waals surface area contributed by atoms with Crippen molar-refractivity contribution in [2.75, 3.05) is 25.0 Å². The number of hydrogen-bond acceptors (Lipinski definition) is 3. The highest BCUT2D eigenvalue weighted by atomic mass is 16.2. The van der Waals surface area contributed by atoms with E-state index in [-0.39, 0.29) is 5.91 Å². The van der Waals surface area contributed by atoms with Crippen LogP contribution in [0.3, 0.4) is 0 Å². The third-order valence-corrected chi connectivity index (χ3v) is 4.12. The summed E-state index contributed by atoms with van der Waals surface area (Å²) in [5.74, 6) is -0.0441. The number of carbonyl (C=O) groups excluding carboxylic acids is 1. The minimum absolute atomic E-state index is 0.0441. The molecule has 1 N–H and O–H groups in total. The zero-order valence-electron chi connectivity index (χ0n) is 12.9. The normalized spacial score (nSPS) is 18.5. The molecule has 0 atom stereocenters. The Morgan fingerprint density at radius 3 is 2.86 bits per heavy atom. The first kappa shape index (κ1) is 15.5. The van der Waals surface area contributed by atoms with E-state index in [9.17, 15) is 4.79 Å². The van der Waals surface area contributed by atoms with Gasteiger partial charge in [0.2, 0.25) is 5.91 Å². The molecule has 1 fully saturated rings. The number of nitriles is 1. The molecule has 2 rings (SSSR count). The summed E-state index contributed by atoms with van der Waals surface area (Å²) in [6, 6.07) is 9.20. The number of hydrogen-bond donors (Lipinski definition) is 1. The van der Waals surface area contributed by atoms with Gasteiger partial charge in [-0.3, -0.25) is 9.69 Å². The van der Waals surface area contributed by atoms with Crippen LogP contribution in [-0.4, -0.2) is 30.4 Å². The highest BCUT2D eigenvalue weighted by Crippen LogP contribution is 2.29. The van der Waals surface area contributed by atoms with Crippen LogP contribution in [0, 0.1) is 16.7 Å². The van der Waals surface area contributed by atoms with Crippen LogP contribution in [0.15, 0.2) is 24.3 Å². The van der Waals surface area contributed by atoms with Crippen LogP contribution in [0.4, 0.5) is 5.69 Å². The molecule has 0 spiro atoms. The van der Waals surface area contributed by atoms with E-state index in [0.717, 1.165) is 25.9 Å². The number of para-hydroxylation sites is 1. The second-order valence-electron chi connectivity index (χ2n) is 6.50. The van der Waals surface area contributed by atoms with Crippen molar-refractivity contribution in [2.45, 2.75) is 33.1 Å². The first-order valence-corrected chi connectivity index (χ1v) is 7.51. The van der Waals surface area contributed by atoms with Gasteiger partial charge in [-0.05, 0) is 49.9 Å². The molecule has 0 radical (unpaired) electrons. The third-order valence-electron chi connectivity index (χ3n) is 4.12. The van der Waals surface area contributed by atoms with Crippen LogP contribution in [0.1, 0.15) is 38.7 Å². The number of likely N-dealkylation sites (tertiary alicyclic amines) is 1. The van der Waals surface area contributed by atoms with E-state index in [1.54, 1.807) is 18.2 Å². The Kier molecular flexibility index (Phi) is 4.98. The summed E-state index contributed by atoms with van der Waals surface area (Å²) in [6.07, 6.45) is 3.46. The molecule has 0 aromatic heterocycles. The first-order valence-electron chi connectivity index (χ1n) is 7.51. The summed E-state index contributed by atoms with van der Waals surface area (Å²) in [5, 5.41) is 11.9. The quantitative estimate of drug-likeness (QED) is 0.928. The maximum atomic E-state index is 12.2. The van der Waals surface area contributed by atoms with Crippen molar-refractivity contribution in [1.82, 2.24) is 4.90 Å². The van der Waals surface area contributed by atoms with Crippen LogP contribution in [0.2, 0.25) is 0 Å². The second kappa shape index (κ2) is 6.73. The molecule has 1 amide bonds. The number of amides is 1. The Labute approximate surface area is 126 Å². The van der Waals surface area contributed by atoms with Crippen molar-refractivity contribution in [1.29, 1.82) is 5.26 Å². The van der Waals surface area contributed by atoms with Crippen molar-refractivity contribution in [3.63, 3.8) is 0 Å². The summed E-state index contributed by atoms with van der Waals surface area (Å²) < 4.78 is 0. The van der Waals surface area contributed by atoms with Crippen molar-refractivity contribution >= 4 is 11.6 Å². The summed E-state index contributed by atoms with van der Waals surface area (Å²) in [7, 11) is 0. The summed E-state index contributed by atoms with van der Waals surface area (Å²) >= 11 is 0. The molecule has 21 heavy (non-hydrogen) atoms. The van der Waals surface area contributed by atoms with Crippen molar-refractivity contribution < 1.29 is 4.79 Å². The summed E-state index contributed by atoms with van der Waals surface area (Å²) in [4.78, 5) is 14.4. The maximum absolute atomic E-state index is 12.2. The van der Waals surface area contributed by atoms with Gasteiger partial charge < -0.3 is 5.32 Å². The molecule has 4 heteroatoms. The molecular formula is C17H23N3O. The van der Waals surface area contributed by atoms with E-state index in [2.05, 4.69) is 30.1 Å². The molecule has 112 valence electrons. The molecule has 0 bridgehead atoms. The lowest BCUT2D eigenvalue weighted by molar-refractivity contribution is -0.117. The molecule has 1 aromatic rings. The molecule has 1 saturated heterocycles. The topological polar surface area (TPSA) is 56.1 Å². The number of benzene rings is 1. The number of rotatable bonds is 3. The highest BCUT2D eigenvalue weighted by molar-refractivity contribution is 5.93. The van der Waals surface area contributed by atoms with Gasteiger partial charge in [0.15, 0.2) is 0 Å². The average molecular weight is 285 g/mol. The fourth-order valence-electron chi connectivity index (χ4n) is 2.72. The Morgan fingerprint density at radius 1 is 1.33 bits per heavy atom. The predicted octanol–water partition coefficient (Wildman–Crippen LogP) is 3.01. The Morgan fingerprint density at radius 2 is 2.10 bits per heavy atom. The van der Waals surface area contributed by atoms with Crippen molar-refractivity contribution in [2.24, 2.45) is 5.41 Å². The Hall–Kier alpha value is -1.86. The average Bonchev–Trinajstić information content (AvgIpc) is 2.61. The maximum Gasteiger partial charge on any atom is 0.238 e. The summed E-state index contributed by atoms with van der Waals surface area (Å²) in [5.41, 5.74) is 1.47. The minimum atomic E-state index is -0.0441. The SMILES string of the molecule is CC1(C)CCCN(CC(=O)Nc2ccccc2C#N)CC1. The molecule has 0 unspecified atom stereocenters. The van der Waals surface area contributed by atoms with Crippen molar-refractivity contribution in [3.8, 4) is 6.07 Å². The molecule has 0 aliphatic carbocycles. The van der Waals surface area contributed by atoms with E-state index in [1.165, 1.54) is 6.42 Å². The van der Waals surface area contributed by atoms with Crippen molar-refractivity contribution in [3.05, 3.63) is 29.8 Å². The first-order chi connectivity index (χ1) is 10.00. The van der Waals surface area contributed by atoms with Crippen LogP contribution in [0.25, 0.3) is 0 Å². The lowest BCUT2D eigenvalue weighted by Crippen LogP contribution is -2.34. The van der Waals surface area contributed by atoms with E-state index >= 15 is 0 Å². The van der Waals surface area contributed by atoms with Gasteiger partial charge in [0, 0.05) is 0 Å². The molecule has 4 nitrogen and oxygen atoms in total. The van der Waals surface area contributed by atoms with Gasteiger partial charge in [-0.15, -0.1) is 0 Å². The van der Waals surface area contributed by atoms with Crippen LogP contribution in [-0.2, 0) is 4.79 Å². The standard InChI is InChI=1S/C17H23N3O/c1-17(2)8-5-10-20(11-9-17)13-16(21)19-15-7-4-3-6-14(15)12-18/h3-4,6-7H,5,8-11,13H2,1-2H3,(H,19,21). The predicted molar refractivity (Wildman–Crippen MR) is 83.9 cm³/mol. The lowest BCUT2D eigenvalue weighted by Gasteiger charge is -2.23. The molecule has 0 saturated carbocycles. The smallest absolute Gasteiger partial charge is 0.238 e. The minimum Gasteiger partial charge on any atom is -0.324 e.